The molecule has 4 aromatic heterocycles. The lowest BCUT2D eigenvalue weighted by atomic mass is 10.0. The second kappa shape index (κ2) is 9.18. The maximum atomic E-state index is 13.7. The Balaban J connectivity index is 1.25. The zero-order valence-corrected chi connectivity index (χ0v) is 24.8. The normalized spacial score (nSPS) is 21.7. The second-order valence-electron chi connectivity index (χ2n) is 12.7. The van der Waals surface area contributed by atoms with Crippen molar-refractivity contribution in [3.63, 3.8) is 0 Å². The van der Waals surface area contributed by atoms with Crippen LogP contribution in [0.25, 0.3) is 44.8 Å². The van der Waals surface area contributed by atoms with E-state index in [4.69, 9.17) is 19.2 Å². The number of ether oxygens (including phenoxy) is 1. The van der Waals surface area contributed by atoms with Gasteiger partial charge in [-0.05, 0) is 87.6 Å². The first-order chi connectivity index (χ1) is 20.3. The van der Waals surface area contributed by atoms with E-state index in [2.05, 4.69) is 38.2 Å². The van der Waals surface area contributed by atoms with Crippen molar-refractivity contribution in [1.29, 1.82) is 0 Å². The van der Waals surface area contributed by atoms with Gasteiger partial charge in [-0.25, -0.2) is 9.97 Å². The van der Waals surface area contributed by atoms with Gasteiger partial charge in [-0.15, -0.1) is 0 Å². The van der Waals surface area contributed by atoms with Gasteiger partial charge >= 0.3 is 0 Å². The molecular weight excluding hydrogens is 528 g/mol. The first-order valence-electron chi connectivity index (χ1n) is 15.1. The van der Waals surface area contributed by atoms with Crippen LogP contribution in [0.4, 0.5) is 0 Å². The van der Waals surface area contributed by atoms with Gasteiger partial charge in [-0.1, -0.05) is 12.1 Å². The number of piperidine rings is 1. The van der Waals surface area contributed by atoms with Crippen molar-refractivity contribution in [2.75, 3.05) is 13.7 Å². The monoisotopic (exact) mass is 564 g/mol. The summed E-state index contributed by atoms with van der Waals surface area (Å²) in [5, 5.41) is 5.21. The number of methoxy groups -OCH3 is 1. The third-order valence-corrected chi connectivity index (χ3v) is 10.1. The molecular formula is C33H36N6O3. The van der Waals surface area contributed by atoms with Crippen LogP contribution >= 0.6 is 0 Å². The molecule has 1 aromatic carbocycles. The summed E-state index contributed by atoms with van der Waals surface area (Å²) in [6.45, 7) is 7.90. The molecule has 0 spiro atoms. The van der Waals surface area contributed by atoms with Crippen LogP contribution in [0.15, 0.2) is 34.9 Å². The Kier molecular flexibility index (Phi) is 5.59. The van der Waals surface area contributed by atoms with E-state index in [1.807, 2.05) is 39.1 Å². The number of hydrogen-bond donors (Lipinski definition) is 0. The lowest BCUT2D eigenvalue weighted by molar-refractivity contribution is 0.0696. The molecule has 8 rings (SSSR count). The number of benzene rings is 1. The maximum absolute atomic E-state index is 13.7. The SMILES string of the molecule is COc1cc(C(=O)N2CC3CCC2[C@@H]3C)cc2nc(-c3cc4ccc(-c5c(C)noc5C)nc4n3CC3CC3)n(C)c12. The van der Waals surface area contributed by atoms with E-state index in [0.717, 1.165) is 75.8 Å². The van der Waals surface area contributed by atoms with Crippen molar-refractivity contribution in [2.45, 2.75) is 59.0 Å². The van der Waals surface area contributed by atoms with Gasteiger partial charge in [0.15, 0.2) is 5.82 Å². The first kappa shape index (κ1) is 25.6. The Hall–Kier alpha value is -4.14. The van der Waals surface area contributed by atoms with E-state index in [9.17, 15) is 4.79 Å². The standard InChI is InChI=1S/C33H36N6O3/c1-17-22-9-11-26(17)39(16-22)33(40)23-12-25-30(28(14-23)41-5)37(4)32(35-25)27-13-21-8-10-24(29-18(2)36-42-19(29)3)34-31(21)38(27)15-20-6-7-20/h8,10,12-14,17,20,22,26H,6-7,9,11,15-16H2,1-5H3/t17-,22?,26?/m1/s1. The highest BCUT2D eigenvalue weighted by atomic mass is 16.5. The Labute approximate surface area is 244 Å². The quantitative estimate of drug-likeness (QED) is 0.246. The molecule has 2 saturated carbocycles. The summed E-state index contributed by atoms with van der Waals surface area (Å²) in [6.07, 6.45) is 4.77. The van der Waals surface area contributed by atoms with Gasteiger partial charge in [-0.2, -0.15) is 0 Å². The van der Waals surface area contributed by atoms with Gasteiger partial charge in [0.25, 0.3) is 5.91 Å². The molecule has 2 unspecified atom stereocenters. The molecule has 5 heterocycles. The lowest BCUT2D eigenvalue weighted by Crippen LogP contribution is -2.38. The lowest BCUT2D eigenvalue weighted by Gasteiger charge is -2.27. The number of carbonyl (C=O) groups excluding carboxylic acids is 1. The Bertz CT molecular complexity index is 1870. The Morgan fingerprint density at radius 1 is 1.10 bits per heavy atom. The second-order valence-corrected chi connectivity index (χ2v) is 12.7. The molecule has 3 fully saturated rings. The van der Waals surface area contributed by atoms with E-state index < -0.39 is 0 Å². The number of aryl methyl sites for hydroxylation is 3. The average molecular weight is 565 g/mol. The largest absolute Gasteiger partial charge is 0.494 e. The summed E-state index contributed by atoms with van der Waals surface area (Å²) in [7, 11) is 3.69. The zero-order chi connectivity index (χ0) is 28.9. The van der Waals surface area contributed by atoms with Crippen LogP contribution in [0.1, 0.15) is 54.4 Å². The summed E-state index contributed by atoms with van der Waals surface area (Å²) >= 11 is 0. The van der Waals surface area contributed by atoms with Gasteiger partial charge in [0.1, 0.15) is 22.7 Å². The van der Waals surface area contributed by atoms with Gasteiger partial charge in [0.2, 0.25) is 0 Å². The van der Waals surface area contributed by atoms with Crippen molar-refractivity contribution < 1.29 is 14.1 Å². The smallest absolute Gasteiger partial charge is 0.254 e. The van der Waals surface area contributed by atoms with E-state index in [1.54, 1.807) is 7.11 Å². The van der Waals surface area contributed by atoms with Crippen molar-refractivity contribution in [1.82, 2.24) is 29.2 Å². The van der Waals surface area contributed by atoms with Crippen LogP contribution in [-0.2, 0) is 13.6 Å². The Morgan fingerprint density at radius 3 is 2.60 bits per heavy atom. The number of likely N-dealkylation sites (tertiary alicyclic amines) is 1. The number of carbonyl (C=O) groups is 1. The van der Waals surface area contributed by atoms with E-state index in [1.165, 1.54) is 19.3 Å². The summed E-state index contributed by atoms with van der Waals surface area (Å²) in [6, 6.07) is 10.5. The van der Waals surface area contributed by atoms with Crippen molar-refractivity contribution >= 4 is 28.0 Å². The molecule has 9 heteroatoms. The number of rotatable bonds is 6. The predicted molar refractivity (Wildman–Crippen MR) is 160 cm³/mol. The molecule has 1 aliphatic heterocycles. The third kappa shape index (κ3) is 3.75. The molecule has 3 atom stereocenters. The van der Waals surface area contributed by atoms with Crippen molar-refractivity contribution in [2.24, 2.45) is 24.8 Å². The first-order valence-corrected chi connectivity index (χ1v) is 15.1. The molecule has 0 N–H and O–H groups in total. The molecule has 216 valence electrons. The number of hydrogen-bond acceptors (Lipinski definition) is 6. The molecule has 2 bridgehead atoms. The molecule has 5 aromatic rings. The molecule has 1 saturated heterocycles. The summed E-state index contributed by atoms with van der Waals surface area (Å²) in [5.41, 5.74) is 6.88. The van der Waals surface area contributed by atoms with Crippen LogP contribution in [0.2, 0.25) is 0 Å². The number of aromatic nitrogens is 5. The van der Waals surface area contributed by atoms with E-state index in [0.29, 0.717) is 35.1 Å². The number of pyridine rings is 1. The van der Waals surface area contributed by atoms with Crippen LogP contribution in [0, 0.1) is 31.6 Å². The molecule has 9 nitrogen and oxygen atoms in total. The predicted octanol–water partition coefficient (Wildman–Crippen LogP) is 6.15. The third-order valence-electron chi connectivity index (χ3n) is 10.1. The van der Waals surface area contributed by atoms with E-state index in [-0.39, 0.29) is 5.91 Å². The summed E-state index contributed by atoms with van der Waals surface area (Å²) in [5.74, 6) is 4.17. The highest BCUT2D eigenvalue weighted by molar-refractivity contribution is 6.00. The summed E-state index contributed by atoms with van der Waals surface area (Å²) in [4.78, 5) is 26.1. The fourth-order valence-corrected chi connectivity index (χ4v) is 7.57. The van der Waals surface area contributed by atoms with Crippen molar-refractivity contribution in [3.05, 3.63) is 47.3 Å². The fourth-order valence-electron chi connectivity index (χ4n) is 7.57. The van der Waals surface area contributed by atoms with Gasteiger partial charge < -0.3 is 23.3 Å². The number of imidazole rings is 1. The topological polar surface area (TPSA) is 91.2 Å². The average Bonchev–Trinajstić information content (AvgIpc) is 3.17. The highest BCUT2D eigenvalue weighted by Crippen LogP contribution is 2.44. The molecule has 2 aliphatic carbocycles. The minimum absolute atomic E-state index is 0.0837. The van der Waals surface area contributed by atoms with Crippen LogP contribution in [0.3, 0.4) is 0 Å². The molecule has 3 aliphatic rings. The minimum atomic E-state index is 0.0837. The number of nitrogens with zero attached hydrogens (tertiary/aromatic N) is 6. The van der Waals surface area contributed by atoms with Crippen molar-refractivity contribution in [3.8, 4) is 28.5 Å². The number of fused-ring (bicyclic) bond motifs is 4. The number of amides is 1. The van der Waals surface area contributed by atoms with E-state index >= 15 is 0 Å². The van der Waals surface area contributed by atoms with Gasteiger partial charge in [0.05, 0.1) is 35.3 Å². The molecule has 1 amide bonds. The minimum Gasteiger partial charge on any atom is -0.494 e. The molecule has 0 radical (unpaired) electrons. The zero-order valence-electron chi connectivity index (χ0n) is 24.8. The van der Waals surface area contributed by atoms with Crippen LogP contribution in [-0.4, -0.2) is 54.8 Å². The Morgan fingerprint density at radius 2 is 1.93 bits per heavy atom. The van der Waals surface area contributed by atoms with Gasteiger partial charge in [0, 0.05) is 37.1 Å². The van der Waals surface area contributed by atoms with Crippen LogP contribution in [0.5, 0.6) is 5.75 Å². The maximum Gasteiger partial charge on any atom is 0.254 e. The summed E-state index contributed by atoms with van der Waals surface area (Å²) < 4.78 is 15.7. The van der Waals surface area contributed by atoms with Crippen LogP contribution < -0.4 is 4.74 Å². The highest BCUT2D eigenvalue weighted by Gasteiger charge is 2.46. The van der Waals surface area contributed by atoms with Gasteiger partial charge in [-0.3, -0.25) is 4.79 Å². The fraction of sp³-hybridized carbons (Fsp3) is 0.455. The molecule has 42 heavy (non-hydrogen) atoms.